The van der Waals surface area contributed by atoms with Crippen LogP contribution in [-0.4, -0.2) is 16.5 Å². The van der Waals surface area contributed by atoms with E-state index in [0.717, 1.165) is 22.6 Å². The Morgan fingerprint density at radius 2 is 2.27 bits per heavy atom. The highest BCUT2D eigenvalue weighted by Crippen LogP contribution is 2.26. The molecule has 0 aliphatic carbocycles. The zero-order valence-electron chi connectivity index (χ0n) is 8.62. The van der Waals surface area contributed by atoms with Crippen LogP contribution < -0.4 is 5.32 Å². The molecule has 0 fully saturated rings. The molecule has 1 N–H and O–H groups in total. The Labute approximate surface area is 97.5 Å². The molecule has 2 aromatic rings. The number of nitrogens with one attached hydrogen (secondary N) is 1. The molecule has 0 spiro atoms. The topological polar surface area (TPSA) is 37.8 Å². The molecule has 0 saturated carbocycles. The molecule has 0 radical (unpaired) electrons. The molecule has 3 nitrogen and oxygen atoms in total. The van der Waals surface area contributed by atoms with E-state index in [0.29, 0.717) is 11.2 Å². The lowest BCUT2D eigenvalue weighted by Gasteiger charge is -2.08. The Morgan fingerprint density at radius 1 is 1.47 bits per heavy atom. The molecule has 2 rings (SSSR count). The SMILES string of the molecule is CC(C)CNc1nc(Cl)nc2sccc12. The molecule has 2 aromatic heterocycles. The van der Waals surface area contributed by atoms with Crippen molar-refractivity contribution in [3.63, 3.8) is 0 Å². The van der Waals surface area contributed by atoms with E-state index in [-0.39, 0.29) is 0 Å². The van der Waals surface area contributed by atoms with Crippen molar-refractivity contribution >= 4 is 39.0 Å². The third kappa shape index (κ3) is 2.38. The summed E-state index contributed by atoms with van der Waals surface area (Å²) in [4.78, 5) is 9.28. The summed E-state index contributed by atoms with van der Waals surface area (Å²) in [6, 6.07) is 2.01. The van der Waals surface area contributed by atoms with Gasteiger partial charge in [-0.15, -0.1) is 11.3 Å². The van der Waals surface area contributed by atoms with Gasteiger partial charge in [-0.1, -0.05) is 13.8 Å². The van der Waals surface area contributed by atoms with Crippen LogP contribution in [0.3, 0.4) is 0 Å². The van der Waals surface area contributed by atoms with Crippen molar-refractivity contribution in [2.24, 2.45) is 5.92 Å². The van der Waals surface area contributed by atoms with Crippen molar-refractivity contribution in [1.82, 2.24) is 9.97 Å². The van der Waals surface area contributed by atoms with Crippen molar-refractivity contribution in [2.45, 2.75) is 13.8 Å². The van der Waals surface area contributed by atoms with E-state index >= 15 is 0 Å². The summed E-state index contributed by atoms with van der Waals surface area (Å²) in [7, 11) is 0. The summed E-state index contributed by atoms with van der Waals surface area (Å²) in [5, 5.41) is 6.63. The fraction of sp³-hybridized carbons (Fsp3) is 0.400. The van der Waals surface area contributed by atoms with Gasteiger partial charge in [0.1, 0.15) is 10.6 Å². The van der Waals surface area contributed by atoms with Crippen molar-refractivity contribution in [1.29, 1.82) is 0 Å². The molecular formula is C10H12ClN3S. The first kappa shape index (κ1) is 10.6. The van der Waals surface area contributed by atoms with Gasteiger partial charge in [-0.05, 0) is 29.0 Å². The van der Waals surface area contributed by atoms with E-state index in [1.807, 2.05) is 11.4 Å². The van der Waals surface area contributed by atoms with Crippen molar-refractivity contribution in [3.05, 3.63) is 16.7 Å². The zero-order chi connectivity index (χ0) is 10.8. The number of thiophene rings is 1. The zero-order valence-corrected chi connectivity index (χ0v) is 10.2. The standard InChI is InChI=1S/C10H12ClN3S/c1-6(2)5-12-8-7-3-4-15-9(7)14-10(11)13-8/h3-4,6H,5H2,1-2H3,(H,12,13,14). The van der Waals surface area contributed by atoms with Gasteiger partial charge in [0.15, 0.2) is 0 Å². The van der Waals surface area contributed by atoms with Gasteiger partial charge < -0.3 is 5.32 Å². The highest BCUT2D eigenvalue weighted by Gasteiger charge is 2.07. The predicted octanol–water partition coefficient (Wildman–Crippen LogP) is 3.41. The Balaban J connectivity index is 2.35. The largest absolute Gasteiger partial charge is 0.369 e. The highest BCUT2D eigenvalue weighted by molar-refractivity contribution is 7.16. The molecule has 0 amide bonds. The fourth-order valence-electron chi connectivity index (χ4n) is 1.26. The second-order valence-electron chi connectivity index (χ2n) is 3.76. The molecule has 2 heterocycles. The van der Waals surface area contributed by atoms with Crippen LogP contribution in [-0.2, 0) is 0 Å². The predicted molar refractivity (Wildman–Crippen MR) is 65.8 cm³/mol. The molecule has 15 heavy (non-hydrogen) atoms. The van der Waals surface area contributed by atoms with Crippen LogP contribution in [0.1, 0.15) is 13.8 Å². The smallest absolute Gasteiger partial charge is 0.225 e. The molecular weight excluding hydrogens is 230 g/mol. The van der Waals surface area contributed by atoms with Crippen LogP contribution in [0.15, 0.2) is 11.4 Å². The first-order valence-electron chi connectivity index (χ1n) is 4.81. The van der Waals surface area contributed by atoms with Crippen molar-refractivity contribution < 1.29 is 0 Å². The lowest BCUT2D eigenvalue weighted by molar-refractivity contribution is 0.687. The first-order valence-corrected chi connectivity index (χ1v) is 6.07. The normalized spacial score (nSPS) is 11.2. The number of aromatic nitrogens is 2. The molecule has 0 aliphatic heterocycles. The van der Waals surface area contributed by atoms with Gasteiger partial charge in [-0.3, -0.25) is 0 Å². The van der Waals surface area contributed by atoms with Gasteiger partial charge in [-0.25, -0.2) is 9.97 Å². The summed E-state index contributed by atoms with van der Waals surface area (Å²) < 4.78 is 0. The summed E-state index contributed by atoms with van der Waals surface area (Å²) in [6.07, 6.45) is 0. The summed E-state index contributed by atoms with van der Waals surface area (Å²) in [5.41, 5.74) is 0. The maximum atomic E-state index is 5.84. The van der Waals surface area contributed by atoms with Gasteiger partial charge in [0.2, 0.25) is 5.28 Å². The fourth-order valence-corrected chi connectivity index (χ4v) is 2.25. The summed E-state index contributed by atoms with van der Waals surface area (Å²) in [5.74, 6) is 1.41. The number of nitrogens with zero attached hydrogens (tertiary/aromatic N) is 2. The van der Waals surface area contributed by atoms with E-state index in [2.05, 4.69) is 29.1 Å². The molecule has 0 aliphatic rings. The monoisotopic (exact) mass is 241 g/mol. The van der Waals surface area contributed by atoms with Crippen LogP contribution in [0.25, 0.3) is 10.2 Å². The Bertz CT molecular complexity index is 467. The second kappa shape index (κ2) is 4.33. The quantitative estimate of drug-likeness (QED) is 0.837. The number of halogens is 1. The Morgan fingerprint density at radius 3 is 3.00 bits per heavy atom. The van der Waals surface area contributed by atoms with Gasteiger partial charge >= 0.3 is 0 Å². The van der Waals surface area contributed by atoms with Crippen LogP contribution >= 0.6 is 22.9 Å². The number of rotatable bonds is 3. The molecule has 80 valence electrons. The lowest BCUT2D eigenvalue weighted by Crippen LogP contribution is -2.09. The Kier molecular flexibility index (Phi) is 3.07. The molecule has 0 aromatic carbocycles. The third-order valence-corrected chi connectivity index (χ3v) is 2.95. The van der Waals surface area contributed by atoms with Gasteiger partial charge in [0.05, 0.1) is 5.39 Å². The Hall–Kier alpha value is -0.870. The van der Waals surface area contributed by atoms with Crippen LogP contribution in [0.4, 0.5) is 5.82 Å². The maximum absolute atomic E-state index is 5.84. The minimum atomic E-state index is 0.302. The van der Waals surface area contributed by atoms with Crippen molar-refractivity contribution in [3.8, 4) is 0 Å². The van der Waals surface area contributed by atoms with E-state index in [9.17, 15) is 0 Å². The average molecular weight is 242 g/mol. The van der Waals surface area contributed by atoms with Crippen molar-refractivity contribution in [2.75, 3.05) is 11.9 Å². The molecule has 0 unspecified atom stereocenters. The average Bonchev–Trinajstić information content (AvgIpc) is 2.61. The number of hydrogen-bond donors (Lipinski definition) is 1. The molecule has 0 saturated heterocycles. The lowest BCUT2D eigenvalue weighted by atomic mass is 10.2. The highest BCUT2D eigenvalue weighted by atomic mass is 35.5. The third-order valence-electron chi connectivity index (χ3n) is 1.98. The van der Waals surface area contributed by atoms with Gasteiger partial charge in [0, 0.05) is 6.54 Å². The van der Waals surface area contributed by atoms with E-state index in [1.54, 1.807) is 11.3 Å². The number of fused-ring (bicyclic) bond motifs is 1. The first-order chi connectivity index (χ1) is 7.16. The number of hydrogen-bond acceptors (Lipinski definition) is 4. The van der Waals surface area contributed by atoms with Crippen LogP contribution in [0, 0.1) is 5.92 Å². The maximum Gasteiger partial charge on any atom is 0.225 e. The van der Waals surface area contributed by atoms with Gasteiger partial charge in [0.25, 0.3) is 0 Å². The molecule has 0 atom stereocenters. The van der Waals surface area contributed by atoms with Gasteiger partial charge in [-0.2, -0.15) is 0 Å². The van der Waals surface area contributed by atoms with Crippen LogP contribution in [0.5, 0.6) is 0 Å². The van der Waals surface area contributed by atoms with E-state index in [4.69, 9.17) is 11.6 Å². The summed E-state index contributed by atoms with van der Waals surface area (Å²) >= 11 is 7.41. The van der Waals surface area contributed by atoms with E-state index in [1.165, 1.54) is 0 Å². The van der Waals surface area contributed by atoms with Crippen LogP contribution in [0.2, 0.25) is 5.28 Å². The summed E-state index contributed by atoms with van der Waals surface area (Å²) in [6.45, 7) is 5.19. The number of anilines is 1. The molecule has 5 heteroatoms. The molecule has 0 bridgehead atoms. The minimum absolute atomic E-state index is 0.302. The van der Waals surface area contributed by atoms with E-state index < -0.39 is 0 Å². The minimum Gasteiger partial charge on any atom is -0.369 e. The second-order valence-corrected chi connectivity index (χ2v) is 4.99.